The van der Waals surface area contributed by atoms with Crippen molar-refractivity contribution in [2.24, 2.45) is 0 Å². The van der Waals surface area contributed by atoms with Crippen molar-refractivity contribution in [2.45, 2.75) is 18.9 Å². The van der Waals surface area contributed by atoms with Gasteiger partial charge in [0.1, 0.15) is 23.7 Å². The van der Waals surface area contributed by atoms with Gasteiger partial charge in [0.2, 0.25) is 0 Å². The van der Waals surface area contributed by atoms with E-state index in [0.717, 1.165) is 19.4 Å². The molecule has 3 rings (SSSR count). The van der Waals surface area contributed by atoms with Crippen LogP contribution in [0.2, 0.25) is 0 Å². The first-order valence-electron chi connectivity index (χ1n) is 7.45. The lowest BCUT2D eigenvalue weighted by Crippen LogP contribution is -2.32. The van der Waals surface area contributed by atoms with Crippen LogP contribution in [0.3, 0.4) is 0 Å². The van der Waals surface area contributed by atoms with Gasteiger partial charge < -0.3 is 15.4 Å². The third kappa shape index (κ3) is 4.23. The molecule has 0 saturated carbocycles. The lowest BCUT2D eigenvalue weighted by Gasteiger charge is -2.11. The van der Waals surface area contributed by atoms with Crippen LogP contribution in [0, 0.1) is 5.82 Å². The molecule has 2 N–H and O–H groups in total. The standard InChI is InChI=1S/C16H17FN4O2/c17-11-3-5-12(6-4-11)21-15-8-14(19-10-20-15)16(22)18-9-13-2-1-7-23-13/h3-6,8,10,13H,1-2,7,9H2,(H,18,22)(H,19,20,21). The Hall–Kier alpha value is -2.54. The summed E-state index contributed by atoms with van der Waals surface area (Å²) in [4.78, 5) is 20.1. The summed E-state index contributed by atoms with van der Waals surface area (Å²) in [6.45, 7) is 1.23. The van der Waals surface area contributed by atoms with E-state index >= 15 is 0 Å². The number of halogens is 1. The Morgan fingerprint density at radius 1 is 1.30 bits per heavy atom. The van der Waals surface area contributed by atoms with E-state index in [2.05, 4.69) is 20.6 Å². The molecular formula is C16H17FN4O2. The highest BCUT2D eigenvalue weighted by Gasteiger charge is 2.17. The SMILES string of the molecule is O=C(NCC1CCCO1)c1cc(Nc2ccc(F)cc2)ncn1. The molecular weight excluding hydrogens is 299 g/mol. The second kappa shape index (κ2) is 7.15. The van der Waals surface area contributed by atoms with E-state index in [4.69, 9.17) is 4.74 Å². The molecule has 1 unspecified atom stereocenters. The normalized spacial score (nSPS) is 17.0. The molecule has 0 radical (unpaired) electrons. The van der Waals surface area contributed by atoms with Crippen LogP contribution in [0.1, 0.15) is 23.3 Å². The number of hydrogen-bond acceptors (Lipinski definition) is 5. The molecule has 2 aromatic rings. The van der Waals surface area contributed by atoms with Crippen LogP contribution in [0.25, 0.3) is 0 Å². The number of ether oxygens (including phenoxy) is 1. The van der Waals surface area contributed by atoms with Gasteiger partial charge in [0.25, 0.3) is 5.91 Å². The number of nitrogens with zero attached hydrogens (tertiary/aromatic N) is 2. The van der Waals surface area contributed by atoms with E-state index < -0.39 is 0 Å². The van der Waals surface area contributed by atoms with Gasteiger partial charge in [-0.15, -0.1) is 0 Å². The average molecular weight is 316 g/mol. The van der Waals surface area contributed by atoms with Crippen LogP contribution >= 0.6 is 0 Å². The molecule has 6 nitrogen and oxygen atoms in total. The number of carbonyl (C=O) groups excluding carboxylic acids is 1. The Kier molecular flexibility index (Phi) is 4.77. The summed E-state index contributed by atoms with van der Waals surface area (Å²) in [5.41, 5.74) is 0.943. The van der Waals surface area contributed by atoms with E-state index in [1.807, 2.05) is 0 Å². The second-order valence-corrected chi connectivity index (χ2v) is 5.27. The van der Waals surface area contributed by atoms with Gasteiger partial charge in [0.05, 0.1) is 6.10 Å². The van der Waals surface area contributed by atoms with Crippen molar-refractivity contribution < 1.29 is 13.9 Å². The molecule has 1 atom stereocenters. The van der Waals surface area contributed by atoms with E-state index in [1.54, 1.807) is 18.2 Å². The molecule has 1 aromatic carbocycles. The van der Waals surface area contributed by atoms with Gasteiger partial charge in [-0.2, -0.15) is 0 Å². The van der Waals surface area contributed by atoms with Crippen LogP contribution in [0.5, 0.6) is 0 Å². The third-order valence-corrected chi connectivity index (χ3v) is 3.53. The number of carbonyl (C=O) groups is 1. The molecule has 1 saturated heterocycles. The largest absolute Gasteiger partial charge is 0.376 e. The molecule has 1 fully saturated rings. The van der Waals surface area contributed by atoms with E-state index in [-0.39, 0.29) is 23.5 Å². The number of nitrogens with one attached hydrogen (secondary N) is 2. The van der Waals surface area contributed by atoms with Crippen molar-refractivity contribution in [2.75, 3.05) is 18.5 Å². The zero-order valence-corrected chi connectivity index (χ0v) is 12.5. The van der Waals surface area contributed by atoms with E-state index in [1.165, 1.54) is 18.5 Å². The van der Waals surface area contributed by atoms with Gasteiger partial charge >= 0.3 is 0 Å². The number of anilines is 2. The number of amides is 1. The van der Waals surface area contributed by atoms with Gasteiger partial charge in [-0.3, -0.25) is 4.79 Å². The predicted molar refractivity (Wildman–Crippen MR) is 83.0 cm³/mol. The maximum Gasteiger partial charge on any atom is 0.270 e. The lowest BCUT2D eigenvalue weighted by atomic mass is 10.2. The van der Waals surface area contributed by atoms with Crippen molar-refractivity contribution in [3.8, 4) is 0 Å². The van der Waals surface area contributed by atoms with Gasteiger partial charge in [-0.05, 0) is 37.1 Å². The molecule has 120 valence electrons. The smallest absolute Gasteiger partial charge is 0.270 e. The Morgan fingerprint density at radius 2 is 2.13 bits per heavy atom. The highest BCUT2D eigenvalue weighted by Crippen LogP contribution is 2.15. The fourth-order valence-electron chi connectivity index (χ4n) is 2.33. The van der Waals surface area contributed by atoms with Crippen molar-refractivity contribution in [3.63, 3.8) is 0 Å². The fraction of sp³-hybridized carbons (Fsp3) is 0.312. The summed E-state index contributed by atoms with van der Waals surface area (Å²) in [6.07, 6.45) is 3.38. The predicted octanol–water partition coefficient (Wildman–Crippen LogP) is 2.27. The highest BCUT2D eigenvalue weighted by atomic mass is 19.1. The second-order valence-electron chi connectivity index (χ2n) is 5.27. The first-order chi connectivity index (χ1) is 11.2. The van der Waals surface area contributed by atoms with Gasteiger partial charge in [0, 0.05) is 24.9 Å². The molecule has 0 bridgehead atoms. The molecule has 0 spiro atoms. The Balaban J connectivity index is 1.61. The average Bonchev–Trinajstić information content (AvgIpc) is 3.08. The topological polar surface area (TPSA) is 76.1 Å². The summed E-state index contributed by atoms with van der Waals surface area (Å²) in [6, 6.07) is 7.43. The number of rotatable bonds is 5. The van der Waals surface area contributed by atoms with Crippen LogP contribution in [-0.4, -0.2) is 35.1 Å². The van der Waals surface area contributed by atoms with Crippen molar-refractivity contribution >= 4 is 17.4 Å². The molecule has 7 heteroatoms. The molecule has 2 heterocycles. The minimum atomic E-state index is -0.313. The Labute approximate surface area is 133 Å². The van der Waals surface area contributed by atoms with Crippen molar-refractivity contribution in [1.29, 1.82) is 0 Å². The lowest BCUT2D eigenvalue weighted by molar-refractivity contribution is 0.0853. The number of hydrogen-bond donors (Lipinski definition) is 2. The van der Waals surface area contributed by atoms with Crippen molar-refractivity contribution in [1.82, 2.24) is 15.3 Å². The van der Waals surface area contributed by atoms with Crippen molar-refractivity contribution in [3.05, 3.63) is 48.2 Å². The fourth-order valence-corrected chi connectivity index (χ4v) is 2.33. The van der Waals surface area contributed by atoms with Crippen LogP contribution in [-0.2, 0) is 4.74 Å². The summed E-state index contributed by atoms with van der Waals surface area (Å²) in [5.74, 6) is -0.119. The third-order valence-electron chi connectivity index (χ3n) is 3.53. The molecule has 0 aliphatic carbocycles. The zero-order chi connectivity index (χ0) is 16.1. The first-order valence-corrected chi connectivity index (χ1v) is 7.45. The van der Waals surface area contributed by atoms with Gasteiger partial charge in [0.15, 0.2) is 0 Å². The molecule has 1 aromatic heterocycles. The van der Waals surface area contributed by atoms with E-state index in [9.17, 15) is 9.18 Å². The molecule has 1 amide bonds. The number of aromatic nitrogens is 2. The Bertz CT molecular complexity index is 672. The zero-order valence-electron chi connectivity index (χ0n) is 12.5. The monoisotopic (exact) mass is 316 g/mol. The first kappa shape index (κ1) is 15.4. The Morgan fingerprint density at radius 3 is 2.87 bits per heavy atom. The molecule has 23 heavy (non-hydrogen) atoms. The van der Waals surface area contributed by atoms with Gasteiger partial charge in [-0.25, -0.2) is 14.4 Å². The van der Waals surface area contributed by atoms with Crippen LogP contribution < -0.4 is 10.6 Å². The highest BCUT2D eigenvalue weighted by molar-refractivity contribution is 5.92. The molecule has 1 aliphatic heterocycles. The summed E-state index contributed by atoms with van der Waals surface area (Å²) >= 11 is 0. The van der Waals surface area contributed by atoms with E-state index in [0.29, 0.717) is 18.1 Å². The summed E-state index contributed by atoms with van der Waals surface area (Å²) in [7, 11) is 0. The van der Waals surface area contributed by atoms with Gasteiger partial charge in [-0.1, -0.05) is 0 Å². The molecule has 1 aliphatic rings. The maximum absolute atomic E-state index is 12.9. The minimum Gasteiger partial charge on any atom is -0.376 e. The van der Waals surface area contributed by atoms with Crippen LogP contribution in [0.15, 0.2) is 36.7 Å². The van der Waals surface area contributed by atoms with Crippen LogP contribution in [0.4, 0.5) is 15.9 Å². The maximum atomic E-state index is 12.9. The quantitative estimate of drug-likeness (QED) is 0.885. The summed E-state index contributed by atoms with van der Waals surface area (Å²) < 4.78 is 18.4. The summed E-state index contributed by atoms with van der Waals surface area (Å²) in [5, 5.41) is 5.81. The minimum absolute atomic E-state index is 0.0811. The number of benzene rings is 1.